The summed E-state index contributed by atoms with van der Waals surface area (Å²) in [7, 11) is 0. The second-order valence-corrected chi connectivity index (χ2v) is 19.4. The van der Waals surface area contributed by atoms with Crippen molar-refractivity contribution in [3.63, 3.8) is 0 Å². The van der Waals surface area contributed by atoms with Crippen molar-refractivity contribution in [2.24, 2.45) is 0 Å². The molecule has 2 aliphatic heterocycles. The zero-order chi connectivity index (χ0) is 52.4. The van der Waals surface area contributed by atoms with Crippen LogP contribution in [-0.4, -0.2) is 142 Å². The first-order valence-corrected chi connectivity index (χ1v) is 27.9. The van der Waals surface area contributed by atoms with Gasteiger partial charge in [0.05, 0.1) is 19.8 Å². The molecule has 0 saturated carbocycles. The number of hydrogen-bond donors (Lipinski definition) is 7. The summed E-state index contributed by atoms with van der Waals surface area (Å²) in [5, 5.41) is 72.2. The van der Waals surface area contributed by atoms with E-state index in [4.69, 9.17) is 28.4 Å². The number of aliphatic hydroxyl groups excluding tert-OH is 7. The molecule has 2 heterocycles. The Morgan fingerprint density at radius 2 is 0.847 bits per heavy atom. The maximum absolute atomic E-state index is 13.0. The number of rotatable bonds is 43. The molecule has 15 heteroatoms. The van der Waals surface area contributed by atoms with Gasteiger partial charge in [-0.05, 0) is 77.0 Å². The van der Waals surface area contributed by atoms with Gasteiger partial charge in [-0.2, -0.15) is 0 Å². The Morgan fingerprint density at radius 3 is 1.36 bits per heavy atom. The van der Waals surface area contributed by atoms with Gasteiger partial charge in [-0.3, -0.25) is 9.59 Å². The molecule has 2 saturated heterocycles. The number of ether oxygens (including phenoxy) is 6. The number of carbonyl (C=O) groups excluding carboxylic acids is 2. The van der Waals surface area contributed by atoms with Gasteiger partial charge in [0.1, 0.15) is 55.4 Å². The van der Waals surface area contributed by atoms with E-state index in [2.05, 4.69) is 68.5 Å². The van der Waals surface area contributed by atoms with Gasteiger partial charge in [-0.25, -0.2) is 0 Å². The fourth-order valence-corrected chi connectivity index (χ4v) is 8.38. The quantitative estimate of drug-likeness (QED) is 0.0172. The summed E-state index contributed by atoms with van der Waals surface area (Å²) in [5.74, 6) is -1.00. The van der Waals surface area contributed by atoms with Crippen LogP contribution < -0.4 is 0 Å². The summed E-state index contributed by atoms with van der Waals surface area (Å²) in [6.07, 6.45) is 33.9. The van der Waals surface area contributed by atoms with Crippen LogP contribution in [0.5, 0.6) is 0 Å². The molecule has 4 unspecified atom stereocenters. The van der Waals surface area contributed by atoms with Crippen molar-refractivity contribution in [1.82, 2.24) is 0 Å². The second-order valence-electron chi connectivity index (χ2n) is 19.4. The molecule has 0 bridgehead atoms. The normalized spacial score (nSPS) is 25.5. The van der Waals surface area contributed by atoms with E-state index in [9.17, 15) is 45.3 Å². The first kappa shape index (κ1) is 65.3. The third-order valence-corrected chi connectivity index (χ3v) is 13.0. The second kappa shape index (κ2) is 43.4. The Balaban J connectivity index is 1.80. The smallest absolute Gasteiger partial charge is 0.306 e. The standard InChI is InChI=1S/C57H98O15/c1-3-5-7-9-11-13-15-17-19-20-21-22-23-24-26-27-29-31-33-35-37-39-48(59)67-42-45(70-49(60)40-38-36-34-32-30-28-25-18-16-14-12-10-8-6-4-2)43-68-56-55(66)53(64)51(62)47(72-56)44-69-57-54(65)52(63)50(61)46(41-58)71-57/h18-20,22-23,25-27,31,33,45-47,50-58,61-66H,3-17,21,24,28-30,32,34-44H2,1-2H3/b20-19+,23-22+,25-18+,27-26+,33-31+/t45-,46+,47+,50-,51-,52?,53?,54?,55?,56+,57+/m0/s1. The molecule has 0 spiro atoms. The molecule has 0 amide bonds. The molecular weight excluding hydrogens is 925 g/mol. The SMILES string of the molecule is CCCCCCCC/C=C/CCCCCCCC(=O)O[C@@H](COC(=O)CCC/C=C/C/C=C/C/C=C/C/C=C/CCCCCCCCC)CO[C@@H]1O[C@H](CO[C@@H]2O[C@H](CO)[C@H](O)C(O)C2O)[C@H](O)C(O)C1O. The number of aliphatic hydroxyl groups is 7. The van der Waals surface area contributed by atoms with Crippen LogP contribution in [0, 0.1) is 0 Å². The molecule has 7 N–H and O–H groups in total. The molecule has 0 aromatic carbocycles. The number of esters is 2. The lowest BCUT2D eigenvalue weighted by Gasteiger charge is -2.42. The molecule has 416 valence electrons. The van der Waals surface area contributed by atoms with Crippen molar-refractivity contribution in [2.45, 2.75) is 261 Å². The van der Waals surface area contributed by atoms with E-state index in [1.54, 1.807) is 0 Å². The molecule has 0 aromatic heterocycles. The highest BCUT2D eigenvalue weighted by Crippen LogP contribution is 2.26. The Hall–Kier alpha value is -2.80. The summed E-state index contributed by atoms with van der Waals surface area (Å²) in [5.41, 5.74) is 0. The number of allylic oxidation sites excluding steroid dienone is 10. The summed E-state index contributed by atoms with van der Waals surface area (Å²) in [6, 6.07) is 0. The van der Waals surface area contributed by atoms with E-state index in [0.717, 1.165) is 64.2 Å². The van der Waals surface area contributed by atoms with E-state index in [0.29, 0.717) is 19.3 Å². The van der Waals surface area contributed by atoms with Gasteiger partial charge in [-0.15, -0.1) is 0 Å². The number of hydrogen-bond acceptors (Lipinski definition) is 15. The van der Waals surface area contributed by atoms with Crippen LogP contribution in [0.3, 0.4) is 0 Å². The Morgan fingerprint density at radius 1 is 0.444 bits per heavy atom. The van der Waals surface area contributed by atoms with Crippen LogP contribution in [-0.2, 0) is 38.0 Å². The molecule has 2 aliphatic rings. The van der Waals surface area contributed by atoms with Gasteiger partial charge in [0.15, 0.2) is 18.7 Å². The molecule has 0 aliphatic carbocycles. The van der Waals surface area contributed by atoms with E-state index < -0.39 is 99.3 Å². The minimum absolute atomic E-state index is 0.138. The zero-order valence-electron chi connectivity index (χ0n) is 44.1. The van der Waals surface area contributed by atoms with Gasteiger partial charge in [0.25, 0.3) is 0 Å². The maximum Gasteiger partial charge on any atom is 0.306 e. The maximum atomic E-state index is 13.0. The fraction of sp³-hybridized carbons (Fsp3) is 0.789. The van der Waals surface area contributed by atoms with Crippen molar-refractivity contribution < 1.29 is 73.8 Å². The zero-order valence-corrected chi connectivity index (χ0v) is 44.1. The summed E-state index contributed by atoms with van der Waals surface area (Å²) in [4.78, 5) is 25.8. The van der Waals surface area contributed by atoms with E-state index in [1.165, 1.54) is 83.5 Å². The number of unbranched alkanes of at least 4 members (excludes halogenated alkanes) is 19. The lowest BCUT2D eigenvalue weighted by Crippen LogP contribution is -2.61. The van der Waals surface area contributed by atoms with Gasteiger partial charge in [0.2, 0.25) is 0 Å². The molecule has 0 aromatic rings. The van der Waals surface area contributed by atoms with Gasteiger partial charge >= 0.3 is 11.9 Å². The third-order valence-electron chi connectivity index (χ3n) is 13.0. The molecule has 2 rings (SSSR count). The van der Waals surface area contributed by atoms with E-state index in [1.807, 2.05) is 6.08 Å². The van der Waals surface area contributed by atoms with Gasteiger partial charge in [-0.1, -0.05) is 164 Å². The van der Waals surface area contributed by atoms with Crippen molar-refractivity contribution in [2.75, 3.05) is 26.4 Å². The minimum Gasteiger partial charge on any atom is -0.462 e. The molecule has 15 nitrogen and oxygen atoms in total. The number of carbonyl (C=O) groups is 2. The summed E-state index contributed by atoms with van der Waals surface area (Å²) >= 11 is 0. The van der Waals surface area contributed by atoms with Crippen LogP contribution in [0.15, 0.2) is 60.8 Å². The van der Waals surface area contributed by atoms with Crippen LogP contribution in [0.4, 0.5) is 0 Å². The van der Waals surface area contributed by atoms with Crippen molar-refractivity contribution in [3.05, 3.63) is 60.8 Å². The molecule has 0 radical (unpaired) electrons. The largest absolute Gasteiger partial charge is 0.462 e. The fourth-order valence-electron chi connectivity index (χ4n) is 8.38. The van der Waals surface area contributed by atoms with Crippen LogP contribution >= 0.6 is 0 Å². The molecule has 72 heavy (non-hydrogen) atoms. The van der Waals surface area contributed by atoms with Crippen molar-refractivity contribution in [3.8, 4) is 0 Å². The minimum atomic E-state index is -1.78. The van der Waals surface area contributed by atoms with Gasteiger partial charge < -0.3 is 64.2 Å². The van der Waals surface area contributed by atoms with Crippen molar-refractivity contribution in [1.29, 1.82) is 0 Å². The Bertz CT molecular complexity index is 1480. The monoisotopic (exact) mass is 1020 g/mol. The molecular formula is C57H98O15. The van der Waals surface area contributed by atoms with Crippen LogP contribution in [0.1, 0.15) is 194 Å². The highest BCUT2D eigenvalue weighted by atomic mass is 16.7. The Labute approximate surface area is 432 Å². The first-order chi connectivity index (χ1) is 35.0. The predicted octanol–water partition coefficient (Wildman–Crippen LogP) is 8.83. The van der Waals surface area contributed by atoms with Crippen LogP contribution in [0.25, 0.3) is 0 Å². The average molecular weight is 1020 g/mol. The first-order valence-electron chi connectivity index (χ1n) is 27.9. The third kappa shape index (κ3) is 30.5. The topological polar surface area (TPSA) is 231 Å². The van der Waals surface area contributed by atoms with E-state index >= 15 is 0 Å². The highest BCUT2D eigenvalue weighted by molar-refractivity contribution is 5.70. The van der Waals surface area contributed by atoms with Gasteiger partial charge in [0, 0.05) is 12.8 Å². The predicted molar refractivity (Wildman–Crippen MR) is 280 cm³/mol. The van der Waals surface area contributed by atoms with E-state index in [-0.39, 0.29) is 19.4 Å². The van der Waals surface area contributed by atoms with Crippen molar-refractivity contribution >= 4 is 11.9 Å². The Kier molecular flexibility index (Phi) is 39.4. The molecule has 11 atom stereocenters. The average Bonchev–Trinajstić information content (AvgIpc) is 3.37. The lowest BCUT2D eigenvalue weighted by atomic mass is 9.98. The summed E-state index contributed by atoms with van der Waals surface area (Å²) in [6.45, 7) is 2.52. The lowest BCUT2D eigenvalue weighted by molar-refractivity contribution is -0.332. The molecule has 2 fully saturated rings. The summed E-state index contributed by atoms with van der Waals surface area (Å²) < 4.78 is 33.6. The van der Waals surface area contributed by atoms with Crippen LogP contribution in [0.2, 0.25) is 0 Å². The highest BCUT2D eigenvalue weighted by Gasteiger charge is 2.47.